The summed E-state index contributed by atoms with van der Waals surface area (Å²) in [5.74, 6) is -1.40. The smallest absolute Gasteiger partial charge is 0.414 e. The van der Waals surface area contributed by atoms with Crippen molar-refractivity contribution in [3.05, 3.63) is 35.4 Å². The molecule has 3 rings (SSSR count). The topological polar surface area (TPSA) is 53.0 Å². The predicted molar refractivity (Wildman–Crippen MR) is 81.1 cm³/mol. The van der Waals surface area contributed by atoms with Gasteiger partial charge < -0.3 is 14.7 Å². The molecule has 1 N–H and O–H groups in total. The number of ether oxygens (including phenoxy) is 1. The third-order valence-electron chi connectivity index (χ3n) is 4.15. The fraction of sp³-hybridized carbons (Fsp3) is 0.438. The molecule has 0 bridgehead atoms. The molecule has 1 saturated heterocycles. The maximum atomic E-state index is 14.4. The van der Waals surface area contributed by atoms with Crippen LogP contribution >= 0.6 is 0 Å². The Labute approximate surface area is 132 Å². The summed E-state index contributed by atoms with van der Waals surface area (Å²) in [5, 5.41) is 9.03. The number of hydrogen-bond donors (Lipinski definition) is 1. The van der Waals surface area contributed by atoms with E-state index in [4.69, 9.17) is 9.84 Å². The molecule has 1 aromatic carbocycles. The van der Waals surface area contributed by atoms with Gasteiger partial charge in [-0.05, 0) is 31.2 Å². The predicted octanol–water partition coefficient (Wildman–Crippen LogP) is 2.00. The van der Waals surface area contributed by atoms with Crippen molar-refractivity contribution in [3.63, 3.8) is 0 Å². The third-order valence-corrected chi connectivity index (χ3v) is 4.15. The lowest BCUT2D eigenvalue weighted by molar-refractivity contribution is 0.0963. The van der Waals surface area contributed by atoms with Crippen molar-refractivity contribution in [3.8, 4) is 0 Å². The summed E-state index contributed by atoms with van der Waals surface area (Å²) in [7, 11) is 1.94. The zero-order chi connectivity index (χ0) is 16.6. The van der Waals surface area contributed by atoms with Crippen LogP contribution in [-0.4, -0.2) is 55.5 Å². The number of halogens is 2. The second kappa shape index (κ2) is 6.25. The fourth-order valence-corrected chi connectivity index (χ4v) is 2.85. The SMILES string of the molecule is CN1CC=C(c2c(F)cc(N3CC(CO)OC3=O)cc2F)CC1. The number of cyclic esters (lactones) is 1. The lowest BCUT2D eigenvalue weighted by Crippen LogP contribution is -2.26. The van der Waals surface area contributed by atoms with Gasteiger partial charge in [0.25, 0.3) is 0 Å². The molecule has 0 spiro atoms. The van der Waals surface area contributed by atoms with Crippen LogP contribution in [-0.2, 0) is 4.74 Å². The number of nitrogens with zero attached hydrogens (tertiary/aromatic N) is 2. The Kier molecular flexibility index (Phi) is 4.32. The average Bonchev–Trinajstić information content (AvgIpc) is 2.89. The lowest BCUT2D eigenvalue weighted by Gasteiger charge is -2.23. The Morgan fingerprint density at radius 1 is 1.35 bits per heavy atom. The van der Waals surface area contributed by atoms with Gasteiger partial charge in [-0.3, -0.25) is 4.90 Å². The number of likely N-dealkylation sites (N-methyl/N-ethyl adjacent to an activating group) is 1. The van der Waals surface area contributed by atoms with E-state index in [1.165, 1.54) is 0 Å². The van der Waals surface area contributed by atoms with E-state index < -0.39 is 23.8 Å². The van der Waals surface area contributed by atoms with Crippen LogP contribution in [0, 0.1) is 11.6 Å². The van der Waals surface area contributed by atoms with E-state index in [0.717, 1.165) is 23.6 Å². The minimum absolute atomic E-state index is 0.0341. The van der Waals surface area contributed by atoms with E-state index in [9.17, 15) is 13.6 Å². The van der Waals surface area contributed by atoms with Crippen LogP contribution in [0.15, 0.2) is 18.2 Å². The molecule has 0 radical (unpaired) electrons. The van der Waals surface area contributed by atoms with Gasteiger partial charge in [0.1, 0.15) is 17.7 Å². The average molecular weight is 324 g/mol. The van der Waals surface area contributed by atoms with Crippen molar-refractivity contribution in [2.45, 2.75) is 12.5 Å². The highest BCUT2D eigenvalue weighted by Crippen LogP contribution is 2.31. The van der Waals surface area contributed by atoms with E-state index in [0.29, 0.717) is 18.5 Å². The van der Waals surface area contributed by atoms with Gasteiger partial charge in [-0.15, -0.1) is 0 Å². The zero-order valence-corrected chi connectivity index (χ0v) is 12.8. The molecule has 1 unspecified atom stereocenters. The Balaban J connectivity index is 1.91. The molecule has 23 heavy (non-hydrogen) atoms. The second-order valence-electron chi connectivity index (χ2n) is 5.82. The molecule has 0 aliphatic carbocycles. The molecule has 2 aliphatic heterocycles. The van der Waals surface area contributed by atoms with Crippen molar-refractivity contribution in [1.82, 2.24) is 4.90 Å². The van der Waals surface area contributed by atoms with Crippen LogP contribution in [0.2, 0.25) is 0 Å². The molecular formula is C16H18F2N2O3. The Bertz CT molecular complexity index is 640. The standard InChI is InChI=1S/C16H18F2N2O3/c1-19-4-2-10(3-5-19)15-13(17)6-11(7-14(15)18)20-8-12(9-21)23-16(20)22/h2,6-7,12,21H,3-5,8-9H2,1H3. The van der Waals surface area contributed by atoms with Crippen LogP contribution < -0.4 is 4.90 Å². The van der Waals surface area contributed by atoms with E-state index in [1.54, 1.807) is 0 Å². The number of anilines is 1. The molecule has 2 heterocycles. The Hall–Kier alpha value is -1.99. The summed E-state index contributed by atoms with van der Waals surface area (Å²) in [5.41, 5.74) is 0.702. The first kappa shape index (κ1) is 15.9. The third kappa shape index (κ3) is 3.07. The van der Waals surface area contributed by atoms with Crippen molar-refractivity contribution in [1.29, 1.82) is 0 Å². The molecule has 0 aromatic heterocycles. The summed E-state index contributed by atoms with van der Waals surface area (Å²) in [6.45, 7) is 1.13. The molecule has 1 fully saturated rings. The van der Waals surface area contributed by atoms with Crippen LogP contribution in [0.25, 0.3) is 5.57 Å². The van der Waals surface area contributed by atoms with Gasteiger partial charge in [-0.25, -0.2) is 13.6 Å². The molecule has 124 valence electrons. The van der Waals surface area contributed by atoms with E-state index in [2.05, 4.69) is 4.90 Å². The number of aliphatic hydroxyl groups is 1. The van der Waals surface area contributed by atoms with Crippen LogP contribution in [0.4, 0.5) is 19.3 Å². The van der Waals surface area contributed by atoms with Gasteiger partial charge in [0.15, 0.2) is 0 Å². The highest BCUT2D eigenvalue weighted by Gasteiger charge is 2.33. The van der Waals surface area contributed by atoms with Crippen molar-refractivity contribution in [2.24, 2.45) is 0 Å². The van der Waals surface area contributed by atoms with Crippen molar-refractivity contribution < 1.29 is 23.4 Å². The number of rotatable bonds is 3. The molecule has 0 saturated carbocycles. The first-order chi connectivity index (χ1) is 11.0. The van der Waals surface area contributed by atoms with E-state index >= 15 is 0 Å². The normalized spacial score (nSPS) is 22.3. The van der Waals surface area contributed by atoms with Crippen LogP contribution in [0.5, 0.6) is 0 Å². The van der Waals surface area contributed by atoms with Gasteiger partial charge in [0, 0.05) is 18.7 Å². The molecule has 1 amide bonds. The summed E-state index contributed by atoms with van der Waals surface area (Å²) in [4.78, 5) is 14.9. The number of hydrogen-bond acceptors (Lipinski definition) is 4. The number of amides is 1. The fourth-order valence-electron chi connectivity index (χ4n) is 2.85. The first-order valence-corrected chi connectivity index (χ1v) is 7.45. The van der Waals surface area contributed by atoms with Crippen LogP contribution in [0.3, 0.4) is 0 Å². The number of benzene rings is 1. The monoisotopic (exact) mass is 324 g/mol. The number of carbonyl (C=O) groups excluding carboxylic acids is 1. The van der Waals surface area contributed by atoms with Gasteiger partial charge in [-0.1, -0.05) is 6.08 Å². The van der Waals surface area contributed by atoms with Crippen molar-refractivity contribution in [2.75, 3.05) is 38.2 Å². The summed E-state index contributed by atoms with van der Waals surface area (Å²) >= 11 is 0. The van der Waals surface area contributed by atoms with E-state index in [1.807, 2.05) is 13.1 Å². The Morgan fingerprint density at radius 2 is 2.04 bits per heavy atom. The largest absolute Gasteiger partial charge is 0.441 e. The minimum Gasteiger partial charge on any atom is -0.441 e. The zero-order valence-electron chi connectivity index (χ0n) is 12.8. The molecule has 7 heteroatoms. The maximum absolute atomic E-state index is 14.4. The number of aliphatic hydroxyl groups excluding tert-OH is 1. The van der Waals surface area contributed by atoms with Gasteiger partial charge in [0.2, 0.25) is 0 Å². The van der Waals surface area contributed by atoms with Gasteiger partial charge in [-0.2, -0.15) is 0 Å². The Morgan fingerprint density at radius 3 is 2.57 bits per heavy atom. The van der Waals surface area contributed by atoms with E-state index in [-0.39, 0.29) is 24.4 Å². The molecule has 2 aliphatic rings. The van der Waals surface area contributed by atoms with Crippen LogP contribution in [0.1, 0.15) is 12.0 Å². The van der Waals surface area contributed by atoms with Crippen molar-refractivity contribution >= 4 is 17.4 Å². The van der Waals surface area contributed by atoms with Gasteiger partial charge in [0.05, 0.1) is 18.8 Å². The quantitative estimate of drug-likeness (QED) is 0.924. The molecule has 1 atom stereocenters. The summed E-state index contributed by atoms with van der Waals surface area (Å²) in [6, 6.07) is 2.27. The second-order valence-corrected chi connectivity index (χ2v) is 5.82. The molecule has 1 aromatic rings. The lowest BCUT2D eigenvalue weighted by atomic mass is 9.98. The summed E-state index contributed by atoms with van der Waals surface area (Å²) in [6.07, 6.45) is 0.998. The van der Waals surface area contributed by atoms with Gasteiger partial charge >= 0.3 is 6.09 Å². The molecular weight excluding hydrogens is 306 g/mol. The minimum atomic E-state index is -0.714. The molecule has 5 nitrogen and oxygen atoms in total. The highest BCUT2D eigenvalue weighted by molar-refractivity contribution is 5.90. The first-order valence-electron chi connectivity index (χ1n) is 7.45. The highest BCUT2D eigenvalue weighted by atomic mass is 19.1. The maximum Gasteiger partial charge on any atom is 0.414 e. The summed E-state index contributed by atoms with van der Waals surface area (Å²) < 4.78 is 33.7. The number of carbonyl (C=O) groups is 1.